The van der Waals surface area contributed by atoms with Crippen LogP contribution in [0.5, 0.6) is 0 Å². The quantitative estimate of drug-likeness (QED) is 0.490. The predicted molar refractivity (Wildman–Crippen MR) is 52.2 cm³/mol. The third-order valence-electron chi connectivity index (χ3n) is 2.61. The summed E-state index contributed by atoms with van der Waals surface area (Å²) in [6.07, 6.45) is 11.7. The molecule has 1 rings (SSSR count). The summed E-state index contributed by atoms with van der Waals surface area (Å²) in [5, 5.41) is 0. The van der Waals surface area contributed by atoms with Crippen molar-refractivity contribution in [3.8, 4) is 12.3 Å². The summed E-state index contributed by atoms with van der Waals surface area (Å²) in [4.78, 5) is 0. The smallest absolute Gasteiger partial charge is 0.148 e. The average Bonchev–Trinajstić information content (AvgIpc) is 2.21. The van der Waals surface area contributed by atoms with Crippen molar-refractivity contribution in [2.75, 3.05) is 13.9 Å². The van der Waals surface area contributed by atoms with E-state index in [0.29, 0.717) is 12.7 Å². The lowest BCUT2D eigenvalue weighted by Gasteiger charge is -2.26. The molecular weight excluding hydrogens is 164 g/mol. The molecule has 1 fully saturated rings. The predicted octanol–water partition coefficient (Wildman–Crippen LogP) is 2.19. The molecule has 0 aromatic carbocycles. The van der Waals surface area contributed by atoms with Gasteiger partial charge in [-0.25, -0.2) is 0 Å². The largest absolute Gasteiger partial charge is 0.359 e. The van der Waals surface area contributed by atoms with Crippen LogP contribution in [-0.2, 0) is 9.47 Å². The molecule has 13 heavy (non-hydrogen) atoms. The molecule has 1 unspecified atom stereocenters. The summed E-state index contributed by atoms with van der Waals surface area (Å²) in [5.74, 6) is 3.25. The SMILES string of the molecule is C#CC(OCOC)C1CCCCC1. The van der Waals surface area contributed by atoms with Crippen molar-refractivity contribution in [2.45, 2.75) is 38.2 Å². The fourth-order valence-electron chi connectivity index (χ4n) is 1.90. The van der Waals surface area contributed by atoms with Crippen molar-refractivity contribution in [3.63, 3.8) is 0 Å². The van der Waals surface area contributed by atoms with E-state index in [9.17, 15) is 0 Å². The van der Waals surface area contributed by atoms with Crippen LogP contribution in [0.25, 0.3) is 0 Å². The van der Waals surface area contributed by atoms with Gasteiger partial charge in [-0.05, 0) is 18.8 Å². The summed E-state index contributed by atoms with van der Waals surface area (Å²) >= 11 is 0. The van der Waals surface area contributed by atoms with Gasteiger partial charge in [-0.1, -0.05) is 25.2 Å². The second kappa shape index (κ2) is 6.01. The Balaban J connectivity index is 2.31. The maximum Gasteiger partial charge on any atom is 0.148 e. The first-order chi connectivity index (χ1) is 6.38. The Bertz CT molecular complexity index is 165. The molecule has 0 bridgehead atoms. The van der Waals surface area contributed by atoms with Gasteiger partial charge in [-0.2, -0.15) is 0 Å². The van der Waals surface area contributed by atoms with E-state index in [-0.39, 0.29) is 6.10 Å². The molecule has 0 N–H and O–H groups in total. The molecule has 2 heteroatoms. The van der Waals surface area contributed by atoms with E-state index >= 15 is 0 Å². The highest BCUT2D eigenvalue weighted by Crippen LogP contribution is 2.27. The zero-order valence-electron chi connectivity index (χ0n) is 8.29. The maximum absolute atomic E-state index is 5.42. The van der Waals surface area contributed by atoms with E-state index in [1.54, 1.807) is 7.11 Å². The van der Waals surface area contributed by atoms with E-state index < -0.39 is 0 Å². The summed E-state index contributed by atoms with van der Waals surface area (Å²) in [7, 11) is 1.62. The number of hydrogen-bond donors (Lipinski definition) is 0. The van der Waals surface area contributed by atoms with E-state index in [1.165, 1.54) is 32.1 Å². The number of methoxy groups -OCH3 is 1. The highest BCUT2D eigenvalue weighted by molar-refractivity contribution is 4.98. The third kappa shape index (κ3) is 3.38. The van der Waals surface area contributed by atoms with Crippen LogP contribution in [0, 0.1) is 18.3 Å². The number of hydrogen-bond acceptors (Lipinski definition) is 2. The van der Waals surface area contributed by atoms with E-state index in [1.807, 2.05) is 0 Å². The first-order valence-corrected chi connectivity index (χ1v) is 4.95. The molecule has 1 atom stereocenters. The van der Waals surface area contributed by atoms with E-state index in [0.717, 1.165) is 0 Å². The van der Waals surface area contributed by atoms with Gasteiger partial charge in [0.15, 0.2) is 0 Å². The second-order valence-electron chi connectivity index (χ2n) is 3.56. The zero-order chi connectivity index (χ0) is 9.52. The molecule has 0 amide bonds. The van der Waals surface area contributed by atoms with Crippen LogP contribution in [0.1, 0.15) is 32.1 Å². The fraction of sp³-hybridized carbons (Fsp3) is 0.818. The number of rotatable bonds is 4. The van der Waals surface area contributed by atoms with Crippen LogP contribution in [0.15, 0.2) is 0 Å². The molecule has 0 aromatic heterocycles. The van der Waals surface area contributed by atoms with Crippen molar-refractivity contribution in [1.29, 1.82) is 0 Å². The summed E-state index contributed by atoms with van der Waals surface area (Å²) in [6.45, 7) is 0.311. The third-order valence-corrected chi connectivity index (χ3v) is 2.61. The Morgan fingerprint density at radius 1 is 1.38 bits per heavy atom. The van der Waals surface area contributed by atoms with E-state index in [4.69, 9.17) is 15.9 Å². The Hall–Kier alpha value is -0.520. The molecule has 74 valence electrons. The van der Waals surface area contributed by atoms with Gasteiger partial charge < -0.3 is 9.47 Å². The molecule has 0 radical (unpaired) electrons. The summed E-state index contributed by atoms with van der Waals surface area (Å²) in [5.41, 5.74) is 0. The van der Waals surface area contributed by atoms with Crippen molar-refractivity contribution in [1.82, 2.24) is 0 Å². The molecule has 2 nitrogen and oxygen atoms in total. The monoisotopic (exact) mass is 182 g/mol. The van der Waals surface area contributed by atoms with E-state index in [2.05, 4.69) is 5.92 Å². The van der Waals surface area contributed by atoms with Crippen LogP contribution in [0.3, 0.4) is 0 Å². The first kappa shape index (κ1) is 10.6. The molecule has 0 spiro atoms. The first-order valence-electron chi connectivity index (χ1n) is 4.95. The standard InChI is InChI=1S/C11H18O2/c1-3-11(13-9-12-2)10-7-5-4-6-8-10/h1,10-11H,4-9H2,2H3. The fourth-order valence-corrected chi connectivity index (χ4v) is 1.90. The summed E-state index contributed by atoms with van der Waals surface area (Å²) < 4.78 is 10.3. The Kier molecular flexibility index (Phi) is 4.88. The summed E-state index contributed by atoms with van der Waals surface area (Å²) in [6, 6.07) is 0. The highest BCUT2D eigenvalue weighted by Gasteiger charge is 2.22. The van der Waals surface area contributed by atoms with Crippen molar-refractivity contribution >= 4 is 0 Å². The van der Waals surface area contributed by atoms with Gasteiger partial charge in [0.25, 0.3) is 0 Å². The second-order valence-corrected chi connectivity index (χ2v) is 3.56. The lowest BCUT2D eigenvalue weighted by Crippen LogP contribution is -2.25. The van der Waals surface area contributed by atoms with Gasteiger partial charge in [0.2, 0.25) is 0 Å². The molecule has 1 saturated carbocycles. The maximum atomic E-state index is 5.42. The lowest BCUT2D eigenvalue weighted by molar-refractivity contribution is -0.0736. The van der Waals surface area contributed by atoms with Crippen molar-refractivity contribution in [3.05, 3.63) is 0 Å². The molecule has 0 heterocycles. The van der Waals surface area contributed by atoms with Crippen molar-refractivity contribution in [2.24, 2.45) is 5.92 Å². The Morgan fingerprint density at radius 3 is 2.62 bits per heavy atom. The molecule has 0 saturated heterocycles. The number of terminal acetylenes is 1. The Labute approximate surface area is 80.6 Å². The highest BCUT2D eigenvalue weighted by atomic mass is 16.7. The van der Waals surface area contributed by atoms with Gasteiger partial charge in [-0.15, -0.1) is 6.42 Å². The molecule has 1 aliphatic rings. The minimum atomic E-state index is -0.0414. The molecule has 0 aliphatic heterocycles. The van der Waals surface area contributed by atoms with Crippen LogP contribution < -0.4 is 0 Å². The van der Waals surface area contributed by atoms with Crippen molar-refractivity contribution < 1.29 is 9.47 Å². The molecule has 1 aliphatic carbocycles. The molecular formula is C11H18O2. The van der Waals surface area contributed by atoms with Gasteiger partial charge in [0, 0.05) is 7.11 Å². The average molecular weight is 182 g/mol. The topological polar surface area (TPSA) is 18.5 Å². The van der Waals surface area contributed by atoms with Gasteiger partial charge >= 0.3 is 0 Å². The van der Waals surface area contributed by atoms with Crippen LogP contribution in [0.2, 0.25) is 0 Å². The van der Waals surface area contributed by atoms with Crippen LogP contribution in [-0.4, -0.2) is 20.0 Å². The number of ether oxygens (including phenoxy) is 2. The minimum Gasteiger partial charge on any atom is -0.359 e. The lowest BCUT2D eigenvalue weighted by atomic mass is 9.85. The minimum absolute atomic E-state index is 0.0414. The van der Waals surface area contributed by atoms with Gasteiger partial charge in [0.1, 0.15) is 12.9 Å². The van der Waals surface area contributed by atoms with Crippen LogP contribution >= 0.6 is 0 Å². The molecule has 0 aromatic rings. The van der Waals surface area contributed by atoms with Crippen LogP contribution in [0.4, 0.5) is 0 Å². The van der Waals surface area contributed by atoms with Gasteiger partial charge in [0.05, 0.1) is 0 Å². The normalized spacial score (nSPS) is 20.9. The van der Waals surface area contributed by atoms with Gasteiger partial charge in [-0.3, -0.25) is 0 Å². The Morgan fingerprint density at radius 2 is 2.08 bits per heavy atom. The zero-order valence-corrected chi connectivity index (χ0v) is 8.29.